The lowest BCUT2D eigenvalue weighted by atomic mass is 9.83. The van der Waals surface area contributed by atoms with Crippen LogP contribution in [0.5, 0.6) is 0 Å². The second kappa shape index (κ2) is 14.5. The Hall–Kier alpha value is -7.12. The SMILES string of the molecule is C/C=C\C1C(C)c2cccnc2N1c1cccc([C@H]2C=C(c3nc(-c4ccccc4)nc(-c4ccccc4)n3)C=C(c3ccc4ccc5cccnc5c4n3)C2)c1. The van der Waals surface area contributed by atoms with Crippen LogP contribution in [-0.4, -0.2) is 35.9 Å². The summed E-state index contributed by atoms with van der Waals surface area (Å²) in [5.74, 6) is 3.20. The predicted octanol–water partition coefficient (Wildman–Crippen LogP) is 11.6. The molecule has 0 saturated heterocycles. The Bertz CT molecular complexity index is 2820. The Morgan fingerprint density at radius 1 is 0.632 bits per heavy atom. The average molecular weight is 738 g/mol. The third kappa shape index (κ3) is 6.37. The van der Waals surface area contributed by atoms with Crippen LogP contribution in [0.1, 0.15) is 54.7 Å². The molecule has 2 aliphatic rings. The van der Waals surface area contributed by atoms with Crippen molar-refractivity contribution in [2.75, 3.05) is 4.90 Å². The lowest BCUT2D eigenvalue weighted by Crippen LogP contribution is -2.27. The standard InChI is InChI=1S/C50H39N7/c1-3-13-44-32(2)42-21-12-27-52-50(42)57(44)41-20-10-18-37(31-41)38-28-39(43-25-24-34-23-22-33-19-11-26-51-45(33)46(34)53-43)30-40(29-38)49-55-47(35-14-6-4-7-15-35)54-48(56-49)36-16-8-5-9-17-36/h3-27,29-32,38,44H,28H2,1-2H3/b13-3-/t32?,38-,44?/m1/s1. The molecule has 0 fully saturated rings. The van der Waals surface area contributed by atoms with Crippen molar-refractivity contribution in [3.8, 4) is 22.8 Å². The second-order valence-corrected chi connectivity index (χ2v) is 14.7. The predicted molar refractivity (Wildman–Crippen MR) is 231 cm³/mol. The molecule has 0 spiro atoms. The molecule has 274 valence electrons. The summed E-state index contributed by atoms with van der Waals surface area (Å²) in [7, 11) is 0. The highest BCUT2D eigenvalue weighted by Gasteiger charge is 2.36. The molecule has 0 N–H and O–H groups in total. The Balaban J connectivity index is 1.14. The summed E-state index contributed by atoms with van der Waals surface area (Å²) in [5.41, 5.74) is 10.2. The number of hydrogen-bond acceptors (Lipinski definition) is 7. The first kappa shape index (κ1) is 34.4. The van der Waals surface area contributed by atoms with Gasteiger partial charge in [-0.2, -0.15) is 0 Å². The van der Waals surface area contributed by atoms with Gasteiger partial charge in [0.1, 0.15) is 5.82 Å². The average Bonchev–Trinajstić information content (AvgIpc) is 3.57. The van der Waals surface area contributed by atoms with Crippen LogP contribution < -0.4 is 4.90 Å². The first-order valence-electron chi connectivity index (χ1n) is 19.5. The number of anilines is 2. The Morgan fingerprint density at radius 3 is 2.07 bits per heavy atom. The molecule has 8 aromatic rings. The van der Waals surface area contributed by atoms with Gasteiger partial charge < -0.3 is 4.90 Å². The monoisotopic (exact) mass is 737 g/mol. The van der Waals surface area contributed by atoms with Crippen LogP contribution in [0.15, 0.2) is 170 Å². The van der Waals surface area contributed by atoms with Gasteiger partial charge in [-0.1, -0.05) is 128 Å². The molecule has 0 bridgehead atoms. The molecule has 10 rings (SSSR count). The van der Waals surface area contributed by atoms with Gasteiger partial charge in [0.2, 0.25) is 0 Å². The minimum absolute atomic E-state index is 0.00334. The van der Waals surface area contributed by atoms with E-state index in [1.165, 1.54) is 11.1 Å². The summed E-state index contributed by atoms with van der Waals surface area (Å²) >= 11 is 0. The first-order chi connectivity index (χ1) is 28.1. The fraction of sp³-hybridized carbons (Fsp3) is 0.120. The van der Waals surface area contributed by atoms with Crippen molar-refractivity contribution in [3.63, 3.8) is 0 Å². The zero-order valence-electron chi connectivity index (χ0n) is 31.7. The third-order valence-corrected chi connectivity index (χ3v) is 11.2. The van der Waals surface area contributed by atoms with E-state index < -0.39 is 0 Å². The van der Waals surface area contributed by atoms with E-state index in [0.717, 1.165) is 67.7 Å². The summed E-state index contributed by atoms with van der Waals surface area (Å²) in [6.45, 7) is 4.38. The van der Waals surface area contributed by atoms with Crippen LogP contribution in [-0.2, 0) is 0 Å². The van der Waals surface area contributed by atoms with Crippen molar-refractivity contribution < 1.29 is 0 Å². The summed E-state index contributed by atoms with van der Waals surface area (Å²) in [6, 6.07) is 46.2. The number of fused-ring (bicyclic) bond motifs is 4. The molecule has 5 heterocycles. The van der Waals surface area contributed by atoms with Crippen LogP contribution in [0.25, 0.3) is 55.7 Å². The van der Waals surface area contributed by atoms with E-state index in [1.807, 2.05) is 85.2 Å². The second-order valence-electron chi connectivity index (χ2n) is 14.7. The Kier molecular flexibility index (Phi) is 8.75. The van der Waals surface area contributed by atoms with Crippen LogP contribution in [0.3, 0.4) is 0 Å². The molecule has 3 atom stereocenters. The minimum Gasteiger partial charge on any atom is -0.319 e. The van der Waals surface area contributed by atoms with Gasteiger partial charge in [-0.05, 0) is 60.9 Å². The van der Waals surface area contributed by atoms with Gasteiger partial charge in [0.05, 0.1) is 22.8 Å². The maximum atomic E-state index is 5.32. The molecule has 4 aromatic heterocycles. The summed E-state index contributed by atoms with van der Waals surface area (Å²) in [5, 5.41) is 2.13. The smallest absolute Gasteiger partial charge is 0.164 e. The van der Waals surface area contributed by atoms with Crippen LogP contribution >= 0.6 is 0 Å². The third-order valence-electron chi connectivity index (χ3n) is 11.2. The zero-order chi connectivity index (χ0) is 38.3. The van der Waals surface area contributed by atoms with E-state index in [1.54, 1.807) is 0 Å². The number of allylic oxidation sites excluding steroid dienone is 5. The zero-order valence-corrected chi connectivity index (χ0v) is 31.7. The molecule has 4 aromatic carbocycles. The largest absolute Gasteiger partial charge is 0.319 e. The number of rotatable bonds is 7. The van der Waals surface area contributed by atoms with Crippen molar-refractivity contribution in [1.82, 2.24) is 29.9 Å². The quantitative estimate of drug-likeness (QED) is 0.119. The number of hydrogen-bond donors (Lipinski definition) is 0. The first-order valence-corrected chi connectivity index (χ1v) is 19.5. The van der Waals surface area contributed by atoms with Gasteiger partial charge in [0.15, 0.2) is 17.5 Å². The lowest BCUT2D eigenvalue weighted by molar-refractivity contribution is 0.694. The topological polar surface area (TPSA) is 80.6 Å². The molecule has 2 unspecified atom stereocenters. The molecule has 57 heavy (non-hydrogen) atoms. The number of benzene rings is 4. The van der Waals surface area contributed by atoms with Crippen LogP contribution in [0.2, 0.25) is 0 Å². The molecule has 7 heteroatoms. The highest BCUT2D eigenvalue weighted by molar-refractivity contribution is 6.03. The fourth-order valence-corrected chi connectivity index (χ4v) is 8.34. The van der Waals surface area contributed by atoms with Gasteiger partial charge in [-0.3, -0.25) is 4.98 Å². The maximum absolute atomic E-state index is 5.32. The summed E-state index contributed by atoms with van der Waals surface area (Å²) in [4.78, 5) is 32.6. The maximum Gasteiger partial charge on any atom is 0.164 e. The van der Waals surface area contributed by atoms with Gasteiger partial charge in [-0.15, -0.1) is 0 Å². The number of pyridine rings is 3. The molecule has 0 saturated carbocycles. The van der Waals surface area contributed by atoms with Crippen LogP contribution in [0, 0.1) is 0 Å². The van der Waals surface area contributed by atoms with E-state index in [2.05, 4.69) is 104 Å². The lowest BCUT2D eigenvalue weighted by Gasteiger charge is -2.28. The minimum atomic E-state index is 0.00334. The van der Waals surface area contributed by atoms with Gasteiger partial charge in [0.25, 0.3) is 0 Å². The fourth-order valence-electron chi connectivity index (χ4n) is 8.34. The molecular formula is C50H39N7. The van der Waals surface area contributed by atoms with Gasteiger partial charge in [0, 0.05) is 63.0 Å². The Labute approximate surface area is 331 Å². The number of aromatic nitrogens is 6. The highest BCUT2D eigenvalue weighted by atomic mass is 15.2. The molecule has 0 radical (unpaired) electrons. The van der Waals surface area contributed by atoms with E-state index in [0.29, 0.717) is 23.4 Å². The molecule has 0 amide bonds. The van der Waals surface area contributed by atoms with Gasteiger partial charge >= 0.3 is 0 Å². The van der Waals surface area contributed by atoms with Crippen molar-refractivity contribution >= 4 is 44.5 Å². The molecule has 1 aliphatic heterocycles. The van der Waals surface area contributed by atoms with E-state index >= 15 is 0 Å². The van der Waals surface area contributed by atoms with Gasteiger partial charge in [-0.25, -0.2) is 24.9 Å². The molecular weight excluding hydrogens is 699 g/mol. The van der Waals surface area contributed by atoms with Crippen molar-refractivity contribution in [3.05, 3.63) is 193 Å². The van der Waals surface area contributed by atoms with E-state index in [-0.39, 0.29) is 12.0 Å². The van der Waals surface area contributed by atoms with Crippen molar-refractivity contribution in [1.29, 1.82) is 0 Å². The number of nitrogens with zero attached hydrogens (tertiary/aromatic N) is 7. The van der Waals surface area contributed by atoms with E-state index in [4.69, 9.17) is 29.9 Å². The normalized spacial score (nSPS) is 17.9. The van der Waals surface area contributed by atoms with E-state index in [9.17, 15) is 0 Å². The summed E-state index contributed by atoms with van der Waals surface area (Å²) < 4.78 is 0. The molecule has 7 nitrogen and oxygen atoms in total. The highest BCUT2D eigenvalue weighted by Crippen LogP contribution is 2.46. The Morgan fingerprint density at radius 2 is 1.32 bits per heavy atom. The van der Waals surface area contributed by atoms with Crippen molar-refractivity contribution in [2.45, 2.75) is 38.1 Å². The summed E-state index contributed by atoms with van der Waals surface area (Å²) in [6.07, 6.45) is 13.5. The van der Waals surface area contributed by atoms with Crippen molar-refractivity contribution in [2.24, 2.45) is 0 Å². The van der Waals surface area contributed by atoms with Crippen LogP contribution in [0.4, 0.5) is 11.5 Å². The molecule has 1 aliphatic carbocycles.